The molecule has 0 spiro atoms. The van der Waals surface area contributed by atoms with Crippen molar-refractivity contribution in [3.8, 4) is 0 Å². The highest BCUT2D eigenvalue weighted by molar-refractivity contribution is 7.98. The summed E-state index contributed by atoms with van der Waals surface area (Å²) in [4.78, 5) is 33.6. The monoisotopic (exact) mass is 330 g/mol. The number of carbonyl (C=O) groups excluding carboxylic acids is 2. The molecule has 1 atom stereocenters. The number of nitrogens with zero attached hydrogens (tertiary/aromatic N) is 3. The summed E-state index contributed by atoms with van der Waals surface area (Å²) in [6, 6.07) is -0.704. The first-order chi connectivity index (χ1) is 9.93. The molecule has 21 heavy (non-hydrogen) atoms. The zero-order chi connectivity index (χ0) is 15.6. The minimum absolute atomic E-state index is 0.00449. The quantitative estimate of drug-likeness (QED) is 0.855. The number of hydrogen-bond acceptors (Lipinski definition) is 6. The maximum Gasteiger partial charge on any atom is 0.416 e. The van der Waals surface area contributed by atoms with Crippen molar-refractivity contribution in [2.24, 2.45) is 0 Å². The number of nitrogens with one attached hydrogen (secondary N) is 1. The normalized spacial score (nSPS) is 17.5. The molecule has 0 saturated heterocycles. The van der Waals surface area contributed by atoms with Gasteiger partial charge in [0.2, 0.25) is 11.2 Å². The van der Waals surface area contributed by atoms with Gasteiger partial charge < -0.3 is 10.1 Å². The Morgan fingerprint density at radius 1 is 1.62 bits per heavy atom. The van der Waals surface area contributed by atoms with E-state index in [0.717, 1.165) is 0 Å². The van der Waals surface area contributed by atoms with Gasteiger partial charge >= 0.3 is 6.09 Å². The van der Waals surface area contributed by atoms with Gasteiger partial charge in [-0.3, -0.25) is 4.79 Å². The van der Waals surface area contributed by atoms with Crippen LogP contribution in [0.2, 0.25) is 5.28 Å². The third kappa shape index (κ3) is 3.38. The smallest absolute Gasteiger partial charge is 0.416 e. The number of hydrogen-bond donors (Lipinski definition) is 1. The van der Waals surface area contributed by atoms with E-state index in [2.05, 4.69) is 15.3 Å². The summed E-state index contributed by atoms with van der Waals surface area (Å²) in [5, 5.41) is 2.67. The van der Waals surface area contributed by atoms with Gasteiger partial charge in [0.1, 0.15) is 11.7 Å². The van der Waals surface area contributed by atoms with E-state index >= 15 is 0 Å². The topological polar surface area (TPSA) is 84.4 Å². The van der Waals surface area contributed by atoms with E-state index in [0.29, 0.717) is 11.4 Å². The average molecular weight is 331 g/mol. The van der Waals surface area contributed by atoms with Crippen LogP contribution < -0.4 is 10.2 Å². The van der Waals surface area contributed by atoms with E-state index in [1.165, 1.54) is 22.9 Å². The number of rotatable bonds is 3. The van der Waals surface area contributed by atoms with Crippen LogP contribution in [0.5, 0.6) is 0 Å². The molecule has 2 heterocycles. The van der Waals surface area contributed by atoms with Gasteiger partial charge in [-0.15, -0.1) is 0 Å². The second kappa shape index (κ2) is 6.48. The lowest BCUT2D eigenvalue weighted by Gasteiger charge is -2.34. The molecule has 1 aliphatic heterocycles. The highest BCUT2D eigenvalue weighted by Crippen LogP contribution is 2.32. The number of halogens is 1. The molecule has 1 aliphatic rings. The van der Waals surface area contributed by atoms with E-state index in [9.17, 15) is 9.59 Å². The maximum absolute atomic E-state index is 12.3. The van der Waals surface area contributed by atoms with Crippen molar-refractivity contribution in [3.05, 3.63) is 11.5 Å². The van der Waals surface area contributed by atoms with Gasteiger partial charge in [0.15, 0.2) is 5.82 Å². The van der Waals surface area contributed by atoms with Crippen LogP contribution in [0.25, 0.3) is 0 Å². The second-order valence-electron chi connectivity index (χ2n) is 4.64. The van der Waals surface area contributed by atoms with Crippen LogP contribution in [0.3, 0.4) is 0 Å². The van der Waals surface area contributed by atoms with Crippen molar-refractivity contribution in [1.82, 2.24) is 9.97 Å². The lowest BCUT2D eigenvalue weighted by Crippen LogP contribution is -2.53. The van der Waals surface area contributed by atoms with Crippen molar-refractivity contribution < 1.29 is 14.3 Å². The largest absolute Gasteiger partial charge is 0.446 e. The Kier molecular flexibility index (Phi) is 4.89. The number of fused-ring (bicyclic) bond motifs is 1. The predicted octanol–water partition coefficient (Wildman–Crippen LogP) is 2.17. The van der Waals surface area contributed by atoms with Crippen LogP contribution in [0, 0.1) is 0 Å². The lowest BCUT2D eigenvalue weighted by molar-refractivity contribution is -0.117. The van der Waals surface area contributed by atoms with Gasteiger partial charge in [0.05, 0.1) is 12.3 Å². The lowest BCUT2D eigenvalue weighted by atomic mass is 10.2. The molecular formula is C12H15ClN4O3S. The zero-order valence-corrected chi connectivity index (χ0v) is 13.4. The van der Waals surface area contributed by atoms with Gasteiger partial charge in [0.25, 0.3) is 0 Å². The van der Waals surface area contributed by atoms with Gasteiger partial charge in [-0.1, -0.05) is 0 Å². The van der Waals surface area contributed by atoms with Crippen molar-refractivity contribution in [1.29, 1.82) is 0 Å². The summed E-state index contributed by atoms with van der Waals surface area (Å²) in [5.41, 5.74) is 0.336. The Morgan fingerprint density at radius 2 is 2.33 bits per heavy atom. The number of thioether (sulfide) groups is 1. The molecule has 9 heteroatoms. The van der Waals surface area contributed by atoms with E-state index in [4.69, 9.17) is 16.3 Å². The van der Waals surface area contributed by atoms with Crippen molar-refractivity contribution in [2.45, 2.75) is 26.0 Å². The Bertz CT molecular complexity index is 569. The molecule has 7 nitrogen and oxygen atoms in total. The van der Waals surface area contributed by atoms with E-state index < -0.39 is 12.1 Å². The SMILES string of the molecule is CSCC1C(=O)Nc2cnc(Cl)nc2N1C(=O)OC(C)C. The van der Waals surface area contributed by atoms with E-state index in [1.54, 1.807) is 13.8 Å². The number of carbonyl (C=O) groups is 2. The number of aromatic nitrogens is 2. The fourth-order valence-electron chi connectivity index (χ4n) is 1.88. The minimum Gasteiger partial charge on any atom is -0.446 e. The summed E-state index contributed by atoms with van der Waals surface area (Å²) in [7, 11) is 0. The van der Waals surface area contributed by atoms with E-state index in [1.807, 2.05) is 6.26 Å². The zero-order valence-electron chi connectivity index (χ0n) is 11.8. The molecule has 1 N–H and O–H groups in total. The molecule has 2 amide bonds. The van der Waals surface area contributed by atoms with Gasteiger partial charge in [-0.05, 0) is 31.7 Å². The van der Waals surface area contributed by atoms with Gasteiger partial charge in [-0.2, -0.15) is 16.7 Å². The van der Waals surface area contributed by atoms with Crippen LogP contribution in [0.15, 0.2) is 6.20 Å². The number of anilines is 2. The van der Waals surface area contributed by atoms with Crippen LogP contribution in [0.4, 0.5) is 16.3 Å². The molecule has 0 aliphatic carbocycles. The van der Waals surface area contributed by atoms with Crippen LogP contribution in [-0.2, 0) is 9.53 Å². The van der Waals surface area contributed by atoms with Gasteiger partial charge in [0, 0.05) is 5.75 Å². The first kappa shape index (κ1) is 15.8. The number of amides is 2. The summed E-state index contributed by atoms with van der Waals surface area (Å²) in [5.74, 6) is 0.364. The molecule has 0 aromatic carbocycles. The highest BCUT2D eigenvalue weighted by Gasteiger charge is 2.39. The van der Waals surface area contributed by atoms with Crippen molar-refractivity contribution in [3.63, 3.8) is 0 Å². The molecule has 1 aromatic rings. The number of ether oxygens (including phenoxy) is 1. The van der Waals surface area contributed by atoms with Crippen LogP contribution in [-0.4, -0.2) is 46.1 Å². The standard InChI is InChI=1S/C12H15ClN4O3S/c1-6(2)20-12(19)17-8(5-21-3)10(18)15-7-4-14-11(13)16-9(7)17/h4,6,8H,5H2,1-3H3,(H,15,18). The van der Waals surface area contributed by atoms with Crippen molar-refractivity contribution >= 4 is 46.9 Å². The fraction of sp³-hybridized carbons (Fsp3) is 0.500. The molecular weight excluding hydrogens is 316 g/mol. The third-order valence-electron chi connectivity index (χ3n) is 2.70. The Labute approximate surface area is 131 Å². The highest BCUT2D eigenvalue weighted by atomic mass is 35.5. The Hall–Kier alpha value is -1.54. The van der Waals surface area contributed by atoms with E-state index in [-0.39, 0.29) is 23.1 Å². The molecule has 2 rings (SSSR count). The van der Waals surface area contributed by atoms with Crippen LogP contribution >= 0.6 is 23.4 Å². The van der Waals surface area contributed by atoms with Crippen LogP contribution in [0.1, 0.15) is 13.8 Å². The molecule has 1 unspecified atom stereocenters. The van der Waals surface area contributed by atoms with Crippen molar-refractivity contribution in [2.75, 3.05) is 22.2 Å². The molecule has 0 bridgehead atoms. The molecule has 1 aromatic heterocycles. The molecule has 0 radical (unpaired) electrons. The first-order valence-electron chi connectivity index (χ1n) is 6.26. The summed E-state index contributed by atoms with van der Waals surface area (Å²) < 4.78 is 5.21. The molecule has 0 saturated carbocycles. The van der Waals surface area contributed by atoms with Gasteiger partial charge in [-0.25, -0.2) is 14.7 Å². The summed E-state index contributed by atoms with van der Waals surface area (Å²) >= 11 is 7.24. The molecule has 0 fully saturated rings. The Balaban J connectivity index is 2.45. The maximum atomic E-state index is 12.3. The molecule has 114 valence electrons. The first-order valence-corrected chi connectivity index (χ1v) is 8.03. The average Bonchev–Trinajstić information content (AvgIpc) is 2.39. The summed E-state index contributed by atoms with van der Waals surface area (Å²) in [6.07, 6.45) is 2.28. The Morgan fingerprint density at radius 3 is 2.95 bits per heavy atom. The third-order valence-corrected chi connectivity index (χ3v) is 3.53. The second-order valence-corrected chi connectivity index (χ2v) is 5.89. The summed E-state index contributed by atoms with van der Waals surface area (Å²) in [6.45, 7) is 3.47. The fourth-order valence-corrected chi connectivity index (χ4v) is 2.63. The predicted molar refractivity (Wildman–Crippen MR) is 81.9 cm³/mol. The minimum atomic E-state index is -0.704.